The monoisotopic (exact) mass is 730 g/mol. The van der Waals surface area contributed by atoms with Crippen LogP contribution < -0.4 is 0 Å². The lowest BCUT2D eigenvalue weighted by Crippen LogP contribution is -2.03. The summed E-state index contributed by atoms with van der Waals surface area (Å²) in [6.07, 6.45) is 0. The van der Waals surface area contributed by atoms with Crippen molar-refractivity contribution in [2.75, 3.05) is 0 Å². The minimum absolute atomic E-state index is 0.655. The summed E-state index contributed by atoms with van der Waals surface area (Å²) < 4.78 is 2.49. The van der Waals surface area contributed by atoms with E-state index in [9.17, 15) is 0 Å². The number of nitrogens with zero attached hydrogens (tertiary/aromatic N) is 4. The lowest BCUT2D eigenvalue weighted by molar-refractivity contribution is 1.07. The third-order valence-corrected chi connectivity index (χ3v) is 12.3. The molecule has 0 bridgehead atoms. The molecule has 9 aromatic carbocycles. The molecule has 0 saturated heterocycles. The fourth-order valence-electron chi connectivity index (χ4n) is 8.78. The van der Waals surface area contributed by atoms with Crippen molar-refractivity contribution >= 4 is 65.9 Å². The summed E-state index contributed by atoms with van der Waals surface area (Å²) >= 11 is 1.82. The summed E-state index contributed by atoms with van der Waals surface area (Å²) in [7, 11) is 0. The topological polar surface area (TPSA) is 43.6 Å². The maximum atomic E-state index is 5.17. The fourth-order valence-corrected chi connectivity index (χ4v) is 9.95. The maximum absolute atomic E-state index is 5.17. The molecular weight excluding hydrogens is 701 g/mol. The van der Waals surface area contributed by atoms with Crippen molar-refractivity contribution in [1.82, 2.24) is 19.5 Å². The van der Waals surface area contributed by atoms with Gasteiger partial charge in [-0.1, -0.05) is 163 Å². The highest BCUT2D eigenvalue weighted by Gasteiger charge is 2.27. The van der Waals surface area contributed by atoms with Crippen molar-refractivity contribution in [3.8, 4) is 51.0 Å². The van der Waals surface area contributed by atoms with E-state index in [2.05, 4.69) is 150 Å². The number of aromatic nitrogens is 4. The number of rotatable bonds is 4. The van der Waals surface area contributed by atoms with E-state index in [0.29, 0.717) is 17.5 Å². The van der Waals surface area contributed by atoms with E-state index >= 15 is 0 Å². The van der Waals surface area contributed by atoms with Gasteiger partial charge in [0.2, 0.25) is 0 Å². The predicted octanol–water partition coefficient (Wildman–Crippen LogP) is 13.6. The van der Waals surface area contributed by atoms with Crippen LogP contribution in [0.15, 0.2) is 192 Å². The van der Waals surface area contributed by atoms with Gasteiger partial charge in [-0.15, -0.1) is 0 Å². The fraction of sp³-hybridized carbons (Fsp3) is 0. The molecular formula is C51H30N4S. The van der Waals surface area contributed by atoms with E-state index in [1.54, 1.807) is 0 Å². The summed E-state index contributed by atoms with van der Waals surface area (Å²) in [5.74, 6) is 1.97. The van der Waals surface area contributed by atoms with Crippen LogP contribution >= 0.6 is 11.8 Å². The van der Waals surface area contributed by atoms with Crippen LogP contribution in [-0.4, -0.2) is 19.5 Å². The van der Waals surface area contributed by atoms with Gasteiger partial charge in [-0.3, -0.25) is 0 Å². The Bertz CT molecular complexity index is 3240. The molecule has 0 N–H and O–H groups in total. The van der Waals surface area contributed by atoms with E-state index in [0.717, 1.165) is 27.9 Å². The van der Waals surface area contributed by atoms with Gasteiger partial charge in [0.25, 0.3) is 0 Å². The average molecular weight is 731 g/mol. The molecule has 2 aromatic heterocycles. The van der Waals surface area contributed by atoms with Crippen LogP contribution in [0.2, 0.25) is 0 Å². The molecule has 5 heteroatoms. The van der Waals surface area contributed by atoms with Gasteiger partial charge in [0.1, 0.15) is 0 Å². The smallest absolute Gasteiger partial charge is 0.164 e. The summed E-state index contributed by atoms with van der Waals surface area (Å²) in [6, 6.07) is 65.0. The number of hydrogen-bond acceptors (Lipinski definition) is 4. The highest BCUT2D eigenvalue weighted by Crippen LogP contribution is 2.52. The Balaban J connectivity index is 1.13. The molecule has 0 spiro atoms. The van der Waals surface area contributed by atoms with E-state index in [4.69, 9.17) is 15.0 Å². The van der Waals surface area contributed by atoms with Gasteiger partial charge in [0.05, 0.1) is 16.7 Å². The molecule has 3 heterocycles. The Hall–Kier alpha value is -7.08. The molecule has 0 atom stereocenters. The number of hydrogen-bond donors (Lipinski definition) is 0. The van der Waals surface area contributed by atoms with Gasteiger partial charge in [-0.2, -0.15) is 0 Å². The quantitative estimate of drug-likeness (QED) is 0.181. The number of fused-ring (bicyclic) bond motifs is 9. The number of benzene rings is 9. The van der Waals surface area contributed by atoms with Gasteiger partial charge in [0.15, 0.2) is 17.5 Å². The van der Waals surface area contributed by atoms with Crippen LogP contribution in [0.25, 0.3) is 105 Å². The molecule has 0 amide bonds. The molecule has 0 fully saturated rings. The Kier molecular flexibility index (Phi) is 6.83. The Morgan fingerprint density at radius 3 is 1.54 bits per heavy atom. The molecule has 1 aliphatic rings. The highest BCUT2D eigenvalue weighted by atomic mass is 32.2. The first-order chi connectivity index (χ1) is 27.8. The molecule has 4 nitrogen and oxygen atoms in total. The van der Waals surface area contributed by atoms with Gasteiger partial charge < -0.3 is 4.57 Å². The van der Waals surface area contributed by atoms with Crippen molar-refractivity contribution in [3.05, 3.63) is 182 Å². The molecule has 0 aliphatic carbocycles. The molecule has 0 saturated carbocycles. The molecule has 1 aliphatic heterocycles. The van der Waals surface area contributed by atoms with Crippen LogP contribution in [0.4, 0.5) is 0 Å². The average Bonchev–Trinajstić information content (AvgIpc) is 3.62. The normalized spacial score (nSPS) is 12.2. The van der Waals surface area contributed by atoms with E-state index in [1.165, 1.54) is 69.5 Å². The van der Waals surface area contributed by atoms with Gasteiger partial charge in [0, 0.05) is 53.6 Å². The lowest BCUT2D eigenvalue weighted by atomic mass is 9.93. The second-order valence-corrected chi connectivity index (χ2v) is 15.4. The van der Waals surface area contributed by atoms with Crippen molar-refractivity contribution in [3.63, 3.8) is 0 Å². The van der Waals surface area contributed by atoms with Gasteiger partial charge in [-0.05, 0) is 57.4 Å². The maximum Gasteiger partial charge on any atom is 0.164 e. The molecule has 12 rings (SSSR count). The standard InChI is InChI=1S/C51H30N4S/c1-3-15-33(16-4-1)49-52-50(34-17-5-2-6-18-34)54-51(53-49)39-23-12-24-43-46(39)38-22-11-21-37-40(29-30-44(56-43)45(37)38)55-41-27-25-31-13-7-9-19-35(31)47(41)48-36-20-10-8-14-32(36)26-28-42(48)55/h1-30H. The Morgan fingerprint density at radius 1 is 0.357 bits per heavy atom. The molecule has 0 radical (unpaired) electrons. The van der Waals surface area contributed by atoms with Crippen LogP contribution in [0.3, 0.4) is 0 Å². The summed E-state index contributed by atoms with van der Waals surface area (Å²) in [4.78, 5) is 17.7. The molecule has 0 unspecified atom stereocenters. The zero-order chi connectivity index (χ0) is 36.7. The van der Waals surface area contributed by atoms with E-state index in [-0.39, 0.29) is 0 Å². The summed E-state index contributed by atoms with van der Waals surface area (Å²) in [5.41, 5.74) is 8.80. The first-order valence-corrected chi connectivity index (χ1v) is 19.7. The lowest BCUT2D eigenvalue weighted by Gasteiger charge is -2.24. The van der Waals surface area contributed by atoms with Crippen LogP contribution in [0, 0.1) is 0 Å². The minimum Gasteiger partial charge on any atom is -0.309 e. The third-order valence-electron chi connectivity index (χ3n) is 11.2. The summed E-state index contributed by atoms with van der Waals surface area (Å²) in [6.45, 7) is 0. The minimum atomic E-state index is 0.655. The van der Waals surface area contributed by atoms with Crippen molar-refractivity contribution in [1.29, 1.82) is 0 Å². The zero-order valence-electron chi connectivity index (χ0n) is 30.0. The second kappa shape index (κ2) is 12.2. The SMILES string of the molecule is c1ccc(-c2nc(-c3ccccc3)nc(-c3cccc4c3-c3cccc5c(-n6c7ccc8ccccc8c7c7c8ccccc8ccc76)ccc(c35)S4)n2)cc1. The van der Waals surface area contributed by atoms with Gasteiger partial charge in [-0.25, -0.2) is 15.0 Å². The summed E-state index contributed by atoms with van der Waals surface area (Å²) in [5, 5.41) is 10.0. The van der Waals surface area contributed by atoms with E-state index < -0.39 is 0 Å². The van der Waals surface area contributed by atoms with Crippen molar-refractivity contribution in [2.24, 2.45) is 0 Å². The molecule has 260 valence electrons. The van der Waals surface area contributed by atoms with Crippen molar-refractivity contribution in [2.45, 2.75) is 9.79 Å². The van der Waals surface area contributed by atoms with E-state index in [1.807, 2.05) is 48.2 Å². The zero-order valence-corrected chi connectivity index (χ0v) is 30.8. The Labute approximate surface area is 326 Å². The largest absolute Gasteiger partial charge is 0.309 e. The van der Waals surface area contributed by atoms with Crippen LogP contribution in [0.1, 0.15) is 0 Å². The van der Waals surface area contributed by atoms with Crippen LogP contribution in [-0.2, 0) is 0 Å². The molecule has 56 heavy (non-hydrogen) atoms. The second-order valence-electron chi connectivity index (χ2n) is 14.3. The predicted molar refractivity (Wildman–Crippen MR) is 233 cm³/mol. The third kappa shape index (κ3) is 4.65. The first-order valence-electron chi connectivity index (χ1n) is 18.9. The highest BCUT2D eigenvalue weighted by molar-refractivity contribution is 7.99. The van der Waals surface area contributed by atoms with Crippen molar-refractivity contribution < 1.29 is 0 Å². The van der Waals surface area contributed by atoms with Gasteiger partial charge >= 0.3 is 0 Å². The Morgan fingerprint density at radius 2 is 0.893 bits per heavy atom. The van der Waals surface area contributed by atoms with Crippen LogP contribution in [0.5, 0.6) is 0 Å². The first kappa shape index (κ1) is 31.3. The molecule has 11 aromatic rings.